The maximum atomic E-state index is 13.7. The standard InChI is InChI=1S/C27H19ClF3N7O2S/c1-15-3-6-20(7-4-15)41(39,40)38-14-22(21-9-19(27(29,30)31)13-34-25(21)38)24-18(10-32)12-35-26(37-24)36-16(2)17-5-8-23(28)33-11-17/h3-9,11-14,16H,1-2H3,(H,35,36,37). The number of fused-ring (bicyclic) bond motifs is 1. The first-order chi connectivity index (χ1) is 19.4. The molecule has 5 aromatic rings. The van der Waals surface area contributed by atoms with E-state index in [-0.39, 0.29) is 44.7 Å². The first-order valence-corrected chi connectivity index (χ1v) is 13.8. The molecule has 5 rings (SSSR count). The zero-order valence-electron chi connectivity index (χ0n) is 21.3. The molecule has 0 spiro atoms. The molecule has 1 N–H and O–H groups in total. The second kappa shape index (κ2) is 10.5. The quantitative estimate of drug-likeness (QED) is 0.231. The lowest BCUT2D eigenvalue weighted by Crippen LogP contribution is -2.13. The van der Waals surface area contributed by atoms with Crippen molar-refractivity contribution in [2.75, 3.05) is 5.32 Å². The Bertz CT molecular complexity index is 1920. The molecule has 0 saturated carbocycles. The van der Waals surface area contributed by atoms with Crippen molar-refractivity contribution >= 4 is 38.6 Å². The summed E-state index contributed by atoms with van der Waals surface area (Å²) in [5.74, 6) is 0.0451. The van der Waals surface area contributed by atoms with Gasteiger partial charge in [-0.2, -0.15) is 18.4 Å². The van der Waals surface area contributed by atoms with Crippen LogP contribution in [0.15, 0.2) is 72.1 Å². The third kappa shape index (κ3) is 5.44. The van der Waals surface area contributed by atoms with Crippen LogP contribution in [-0.2, 0) is 16.2 Å². The van der Waals surface area contributed by atoms with Gasteiger partial charge in [0.1, 0.15) is 11.2 Å². The third-order valence-corrected chi connectivity index (χ3v) is 8.16. The van der Waals surface area contributed by atoms with Gasteiger partial charge in [-0.3, -0.25) is 0 Å². The molecule has 1 unspecified atom stereocenters. The number of halogens is 4. The minimum Gasteiger partial charge on any atom is -0.348 e. The van der Waals surface area contributed by atoms with Gasteiger partial charge in [-0.15, -0.1) is 0 Å². The van der Waals surface area contributed by atoms with Crippen LogP contribution in [0, 0.1) is 18.3 Å². The number of nitriles is 1. The van der Waals surface area contributed by atoms with Crippen LogP contribution in [0.25, 0.3) is 22.3 Å². The fourth-order valence-electron chi connectivity index (χ4n) is 4.09. The molecule has 0 fully saturated rings. The summed E-state index contributed by atoms with van der Waals surface area (Å²) in [7, 11) is -4.29. The smallest absolute Gasteiger partial charge is 0.348 e. The minimum absolute atomic E-state index is 0.0444. The second-order valence-electron chi connectivity index (χ2n) is 9.10. The van der Waals surface area contributed by atoms with E-state index >= 15 is 0 Å². The number of nitrogens with one attached hydrogen (secondary N) is 1. The summed E-state index contributed by atoms with van der Waals surface area (Å²) < 4.78 is 69.0. The van der Waals surface area contributed by atoms with Crippen molar-refractivity contribution in [3.05, 3.63) is 94.7 Å². The Morgan fingerprint density at radius 2 is 1.78 bits per heavy atom. The molecule has 0 amide bonds. The van der Waals surface area contributed by atoms with Gasteiger partial charge in [-0.05, 0) is 43.7 Å². The van der Waals surface area contributed by atoms with Crippen LogP contribution in [0.2, 0.25) is 5.15 Å². The van der Waals surface area contributed by atoms with E-state index in [2.05, 4.69) is 25.3 Å². The zero-order chi connectivity index (χ0) is 29.5. The number of aromatic nitrogens is 5. The number of hydrogen-bond donors (Lipinski definition) is 1. The van der Waals surface area contributed by atoms with Gasteiger partial charge in [0.2, 0.25) is 5.95 Å². The SMILES string of the molecule is Cc1ccc(S(=O)(=O)n2cc(-c3nc(NC(C)c4ccc(Cl)nc4)ncc3C#N)c3cc(C(F)(F)F)cnc32)cc1. The van der Waals surface area contributed by atoms with Crippen LogP contribution in [0.1, 0.15) is 35.2 Å². The van der Waals surface area contributed by atoms with E-state index in [9.17, 15) is 26.9 Å². The number of anilines is 1. The van der Waals surface area contributed by atoms with Crippen LogP contribution >= 0.6 is 11.6 Å². The molecule has 4 aromatic heterocycles. The average molecular weight is 598 g/mol. The Labute approximate surface area is 237 Å². The molecule has 0 radical (unpaired) electrons. The Hall–Kier alpha value is -4.54. The molecule has 1 atom stereocenters. The van der Waals surface area contributed by atoms with Gasteiger partial charge in [0.15, 0.2) is 5.65 Å². The molecule has 1 aromatic carbocycles. The summed E-state index contributed by atoms with van der Waals surface area (Å²) in [6.07, 6.45) is -0.316. The van der Waals surface area contributed by atoms with E-state index in [4.69, 9.17) is 11.6 Å². The predicted molar refractivity (Wildman–Crippen MR) is 146 cm³/mol. The second-order valence-corrected chi connectivity index (χ2v) is 11.3. The highest BCUT2D eigenvalue weighted by Gasteiger charge is 2.33. The van der Waals surface area contributed by atoms with Crippen molar-refractivity contribution in [1.82, 2.24) is 23.9 Å². The molecule has 9 nitrogen and oxygen atoms in total. The fourth-order valence-corrected chi connectivity index (χ4v) is 5.53. The van der Waals surface area contributed by atoms with E-state index in [1.54, 1.807) is 44.3 Å². The molecule has 0 aliphatic heterocycles. The molecular formula is C27H19ClF3N7O2S. The number of nitrogens with zero attached hydrogens (tertiary/aromatic N) is 6. The number of alkyl halides is 3. The topological polar surface area (TPSA) is 126 Å². The number of pyridine rings is 2. The molecular weight excluding hydrogens is 579 g/mol. The lowest BCUT2D eigenvalue weighted by Gasteiger charge is -2.15. The zero-order valence-corrected chi connectivity index (χ0v) is 22.9. The normalized spacial score (nSPS) is 12.7. The highest BCUT2D eigenvalue weighted by molar-refractivity contribution is 7.90. The van der Waals surface area contributed by atoms with Gasteiger partial charge < -0.3 is 5.32 Å². The van der Waals surface area contributed by atoms with Crippen LogP contribution in [0.4, 0.5) is 19.1 Å². The van der Waals surface area contributed by atoms with Gasteiger partial charge in [0, 0.05) is 29.5 Å². The van der Waals surface area contributed by atoms with Crippen molar-refractivity contribution in [3.63, 3.8) is 0 Å². The van der Waals surface area contributed by atoms with E-state index in [1.807, 2.05) is 6.07 Å². The van der Waals surface area contributed by atoms with Crippen molar-refractivity contribution in [2.24, 2.45) is 0 Å². The molecule has 4 heterocycles. The average Bonchev–Trinajstić information content (AvgIpc) is 3.33. The maximum Gasteiger partial charge on any atom is 0.417 e. The lowest BCUT2D eigenvalue weighted by atomic mass is 10.1. The summed E-state index contributed by atoms with van der Waals surface area (Å²) in [5.41, 5.74) is 0.00715. The molecule has 0 aliphatic rings. The summed E-state index contributed by atoms with van der Waals surface area (Å²) in [5, 5.41) is 13.0. The largest absolute Gasteiger partial charge is 0.417 e. The van der Waals surface area contributed by atoms with E-state index in [0.29, 0.717) is 11.3 Å². The Kier molecular flexibility index (Phi) is 7.14. The van der Waals surface area contributed by atoms with E-state index in [0.717, 1.165) is 27.4 Å². The van der Waals surface area contributed by atoms with Gasteiger partial charge in [0.05, 0.1) is 34.0 Å². The summed E-state index contributed by atoms with van der Waals surface area (Å²) >= 11 is 5.86. The monoisotopic (exact) mass is 597 g/mol. The lowest BCUT2D eigenvalue weighted by molar-refractivity contribution is -0.137. The van der Waals surface area contributed by atoms with Crippen LogP contribution in [0.3, 0.4) is 0 Å². The molecule has 0 aliphatic carbocycles. The summed E-state index contributed by atoms with van der Waals surface area (Å²) in [4.78, 5) is 16.4. The Balaban J connectivity index is 1.69. The minimum atomic E-state index is -4.76. The number of aryl methyl sites for hydroxylation is 1. The van der Waals surface area contributed by atoms with E-state index in [1.165, 1.54) is 18.3 Å². The first kappa shape index (κ1) is 28.0. The molecule has 208 valence electrons. The Morgan fingerprint density at radius 1 is 1.05 bits per heavy atom. The number of benzene rings is 1. The van der Waals surface area contributed by atoms with Gasteiger partial charge in [-0.1, -0.05) is 35.4 Å². The maximum absolute atomic E-state index is 13.7. The fraction of sp³-hybridized carbons (Fsp3) is 0.148. The van der Waals surface area contributed by atoms with Crippen molar-refractivity contribution < 1.29 is 21.6 Å². The predicted octanol–water partition coefficient (Wildman–Crippen LogP) is 6.15. The molecule has 41 heavy (non-hydrogen) atoms. The van der Waals surface area contributed by atoms with Gasteiger partial charge >= 0.3 is 6.18 Å². The highest BCUT2D eigenvalue weighted by atomic mass is 35.5. The van der Waals surface area contributed by atoms with E-state index < -0.39 is 21.8 Å². The summed E-state index contributed by atoms with van der Waals surface area (Å²) in [6, 6.07) is 11.7. The first-order valence-electron chi connectivity index (χ1n) is 11.9. The van der Waals surface area contributed by atoms with Crippen molar-refractivity contribution in [3.8, 4) is 17.3 Å². The number of rotatable bonds is 6. The van der Waals surface area contributed by atoms with Crippen molar-refractivity contribution in [2.45, 2.75) is 31.0 Å². The van der Waals surface area contributed by atoms with Crippen LogP contribution in [-0.4, -0.2) is 32.3 Å². The highest BCUT2D eigenvalue weighted by Crippen LogP contribution is 2.37. The van der Waals surface area contributed by atoms with Gasteiger partial charge in [0.25, 0.3) is 10.0 Å². The Morgan fingerprint density at radius 3 is 2.41 bits per heavy atom. The third-order valence-electron chi connectivity index (χ3n) is 6.28. The number of hydrogen-bond acceptors (Lipinski definition) is 8. The van der Waals surface area contributed by atoms with Crippen LogP contribution < -0.4 is 5.32 Å². The molecule has 14 heteroatoms. The summed E-state index contributed by atoms with van der Waals surface area (Å²) in [6.45, 7) is 3.58. The molecule has 0 bridgehead atoms. The molecule has 0 saturated heterocycles. The van der Waals surface area contributed by atoms with Gasteiger partial charge in [-0.25, -0.2) is 32.3 Å². The van der Waals surface area contributed by atoms with Crippen molar-refractivity contribution in [1.29, 1.82) is 5.26 Å². The van der Waals surface area contributed by atoms with Crippen LogP contribution in [0.5, 0.6) is 0 Å².